The number of nitrogens with one attached hydrogen (secondary N) is 2. The van der Waals surface area contributed by atoms with Gasteiger partial charge in [-0.3, -0.25) is 9.59 Å². The molecule has 0 saturated carbocycles. The Bertz CT molecular complexity index is 260. The number of nitrogens with zero attached hydrogens (tertiary/aromatic N) is 1. The summed E-state index contributed by atoms with van der Waals surface area (Å²) in [5.74, 6) is 0.310. The van der Waals surface area contributed by atoms with Gasteiger partial charge in [0, 0.05) is 38.5 Å². The lowest BCUT2D eigenvalue weighted by Crippen LogP contribution is -2.46. The second-order valence-corrected chi connectivity index (χ2v) is 4.43. The summed E-state index contributed by atoms with van der Waals surface area (Å²) in [5, 5.41) is 5.96. The van der Waals surface area contributed by atoms with E-state index in [4.69, 9.17) is 0 Å². The van der Waals surface area contributed by atoms with Gasteiger partial charge in [-0.05, 0) is 19.9 Å². The van der Waals surface area contributed by atoms with Crippen molar-refractivity contribution in [2.75, 3.05) is 26.7 Å². The molecule has 5 heteroatoms. The highest BCUT2D eigenvalue weighted by Crippen LogP contribution is 2.11. The molecule has 2 amide bonds. The summed E-state index contributed by atoms with van der Waals surface area (Å²) in [7, 11) is 1.85. The van der Waals surface area contributed by atoms with Crippen LogP contribution in [0, 0.1) is 0 Å². The first-order valence-corrected chi connectivity index (χ1v) is 6.39. The highest BCUT2D eigenvalue weighted by Gasteiger charge is 2.22. The molecular formula is C12H23N3O2. The molecule has 1 heterocycles. The van der Waals surface area contributed by atoms with Gasteiger partial charge in [-0.25, -0.2) is 0 Å². The van der Waals surface area contributed by atoms with Gasteiger partial charge in [0.25, 0.3) is 0 Å². The van der Waals surface area contributed by atoms with Gasteiger partial charge in [0.15, 0.2) is 0 Å². The van der Waals surface area contributed by atoms with Crippen LogP contribution in [-0.4, -0.2) is 49.4 Å². The normalized spacial score (nSPS) is 16.9. The molecule has 0 aromatic rings. The van der Waals surface area contributed by atoms with Crippen LogP contribution in [0.4, 0.5) is 0 Å². The molecule has 0 aromatic heterocycles. The molecule has 1 fully saturated rings. The SMILES string of the molecule is CCC(=O)NC1CCN(C(=O)CCNC)CC1. The van der Waals surface area contributed by atoms with E-state index in [1.807, 2.05) is 18.9 Å². The maximum atomic E-state index is 11.7. The van der Waals surface area contributed by atoms with Gasteiger partial charge in [0.2, 0.25) is 11.8 Å². The first kappa shape index (κ1) is 14.0. The summed E-state index contributed by atoms with van der Waals surface area (Å²) < 4.78 is 0. The van der Waals surface area contributed by atoms with Gasteiger partial charge < -0.3 is 15.5 Å². The van der Waals surface area contributed by atoms with Crippen LogP contribution in [0.3, 0.4) is 0 Å². The molecule has 17 heavy (non-hydrogen) atoms. The lowest BCUT2D eigenvalue weighted by Gasteiger charge is -2.32. The molecule has 0 aromatic carbocycles. The van der Waals surface area contributed by atoms with E-state index in [9.17, 15) is 9.59 Å². The summed E-state index contributed by atoms with van der Waals surface area (Å²) in [4.78, 5) is 24.9. The molecule has 0 unspecified atom stereocenters. The molecule has 5 nitrogen and oxygen atoms in total. The van der Waals surface area contributed by atoms with Gasteiger partial charge >= 0.3 is 0 Å². The fraction of sp³-hybridized carbons (Fsp3) is 0.833. The van der Waals surface area contributed by atoms with E-state index < -0.39 is 0 Å². The molecule has 0 radical (unpaired) electrons. The van der Waals surface area contributed by atoms with Crippen molar-refractivity contribution < 1.29 is 9.59 Å². The molecule has 1 saturated heterocycles. The van der Waals surface area contributed by atoms with Crippen LogP contribution >= 0.6 is 0 Å². The molecule has 0 spiro atoms. The summed E-state index contributed by atoms with van der Waals surface area (Å²) in [6.45, 7) is 4.10. The van der Waals surface area contributed by atoms with E-state index in [0.717, 1.165) is 32.5 Å². The van der Waals surface area contributed by atoms with Crippen molar-refractivity contribution >= 4 is 11.8 Å². The Balaban J connectivity index is 2.25. The quantitative estimate of drug-likeness (QED) is 0.718. The number of amides is 2. The van der Waals surface area contributed by atoms with E-state index in [2.05, 4.69) is 10.6 Å². The third-order valence-corrected chi connectivity index (χ3v) is 3.12. The Labute approximate surface area is 103 Å². The average molecular weight is 241 g/mol. The predicted octanol–water partition coefficient (Wildman–Crippen LogP) is 0.113. The third kappa shape index (κ3) is 4.73. The number of rotatable bonds is 5. The zero-order chi connectivity index (χ0) is 12.7. The lowest BCUT2D eigenvalue weighted by molar-refractivity contribution is -0.132. The summed E-state index contributed by atoms with van der Waals surface area (Å²) in [6, 6.07) is 0.246. The Hall–Kier alpha value is -1.10. The van der Waals surface area contributed by atoms with Crippen LogP contribution in [0.25, 0.3) is 0 Å². The van der Waals surface area contributed by atoms with Crippen LogP contribution in [0.1, 0.15) is 32.6 Å². The highest BCUT2D eigenvalue weighted by molar-refractivity contribution is 5.77. The predicted molar refractivity (Wildman–Crippen MR) is 66.6 cm³/mol. The summed E-state index contributed by atoms with van der Waals surface area (Å²) in [6.07, 6.45) is 2.83. The van der Waals surface area contributed by atoms with Crippen molar-refractivity contribution in [3.8, 4) is 0 Å². The first-order valence-electron chi connectivity index (χ1n) is 6.39. The molecule has 0 atom stereocenters. The van der Waals surface area contributed by atoms with Crippen LogP contribution in [0.15, 0.2) is 0 Å². The van der Waals surface area contributed by atoms with Gasteiger partial charge in [-0.15, -0.1) is 0 Å². The topological polar surface area (TPSA) is 61.4 Å². The largest absolute Gasteiger partial charge is 0.353 e. The molecule has 2 N–H and O–H groups in total. The Morgan fingerprint density at radius 2 is 1.94 bits per heavy atom. The first-order chi connectivity index (χ1) is 8.17. The molecule has 0 bridgehead atoms. The minimum Gasteiger partial charge on any atom is -0.353 e. The van der Waals surface area contributed by atoms with Crippen molar-refractivity contribution in [3.05, 3.63) is 0 Å². The van der Waals surface area contributed by atoms with E-state index in [1.165, 1.54) is 0 Å². The van der Waals surface area contributed by atoms with E-state index >= 15 is 0 Å². The van der Waals surface area contributed by atoms with E-state index in [1.54, 1.807) is 0 Å². The van der Waals surface area contributed by atoms with Gasteiger partial charge in [-0.1, -0.05) is 6.92 Å². The minimum atomic E-state index is 0.102. The monoisotopic (exact) mass is 241 g/mol. The standard InChI is InChI=1S/C12H23N3O2/c1-3-11(16)14-10-5-8-15(9-6-10)12(17)4-7-13-2/h10,13H,3-9H2,1-2H3,(H,14,16). The molecule has 1 aliphatic heterocycles. The second kappa shape index (κ2) is 7.27. The molecule has 1 aliphatic rings. The van der Waals surface area contributed by atoms with Gasteiger partial charge in [0.05, 0.1) is 0 Å². The Morgan fingerprint density at radius 3 is 2.47 bits per heavy atom. The van der Waals surface area contributed by atoms with Crippen molar-refractivity contribution in [3.63, 3.8) is 0 Å². The number of carbonyl (C=O) groups excluding carboxylic acids is 2. The fourth-order valence-electron chi connectivity index (χ4n) is 1.99. The number of carbonyl (C=O) groups is 2. The van der Waals surface area contributed by atoms with Crippen LogP contribution in [0.2, 0.25) is 0 Å². The van der Waals surface area contributed by atoms with Crippen molar-refractivity contribution in [1.29, 1.82) is 0 Å². The van der Waals surface area contributed by atoms with E-state index in [0.29, 0.717) is 12.8 Å². The number of piperidine rings is 1. The maximum absolute atomic E-state index is 11.7. The Kier molecular flexibility index (Phi) is 5.97. The maximum Gasteiger partial charge on any atom is 0.223 e. The molecule has 0 aliphatic carbocycles. The molecule has 1 rings (SSSR count). The Morgan fingerprint density at radius 1 is 1.29 bits per heavy atom. The van der Waals surface area contributed by atoms with Crippen molar-refractivity contribution in [1.82, 2.24) is 15.5 Å². The third-order valence-electron chi connectivity index (χ3n) is 3.12. The molecule has 98 valence electrons. The van der Waals surface area contributed by atoms with Crippen LogP contribution < -0.4 is 10.6 Å². The summed E-state index contributed by atoms with van der Waals surface area (Å²) >= 11 is 0. The average Bonchev–Trinajstić information content (AvgIpc) is 2.36. The zero-order valence-electron chi connectivity index (χ0n) is 10.8. The lowest BCUT2D eigenvalue weighted by atomic mass is 10.0. The van der Waals surface area contributed by atoms with Crippen LogP contribution in [-0.2, 0) is 9.59 Å². The van der Waals surface area contributed by atoms with Gasteiger partial charge in [-0.2, -0.15) is 0 Å². The summed E-state index contributed by atoms with van der Waals surface area (Å²) in [5.41, 5.74) is 0. The van der Waals surface area contributed by atoms with E-state index in [-0.39, 0.29) is 17.9 Å². The van der Waals surface area contributed by atoms with Crippen molar-refractivity contribution in [2.45, 2.75) is 38.6 Å². The second-order valence-electron chi connectivity index (χ2n) is 4.43. The number of hydrogen-bond acceptors (Lipinski definition) is 3. The van der Waals surface area contributed by atoms with Crippen LogP contribution in [0.5, 0.6) is 0 Å². The molecular weight excluding hydrogens is 218 g/mol. The fourth-order valence-corrected chi connectivity index (χ4v) is 1.99. The zero-order valence-corrected chi connectivity index (χ0v) is 10.8. The number of likely N-dealkylation sites (tertiary alicyclic amines) is 1. The van der Waals surface area contributed by atoms with Crippen molar-refractivity contribution in [2.24, 2.45) is 0 Å². The smallest absolute Gasteiger partial charge is 0.223 e. The van der Waals surface area contributed by atoms with Gasteiger partial charge in [0.1, 0.15) is 0 Å². The number of hydrogen-bond donors (Lipinski definition) is 2. The minimum absolute atomic E-state index is 0.102. The highest BCUT2D eigenvalue weighted by atomic mass is 16.2.